The van der Waals surface area contributed by atoms with Crippen LogP contribution in [0.1, 0.15) is 11.6 Å². The Hall–Kier alpha value is -2.34. The second-order valence-electron chi connectivity index (χ2n) is 8.64. The molecular formula is C22H31GdN5O10. The molecule has 1 fully saturated rings. The number of benzene rings is 1. The minimum absolute atomic E-state index is 0. The van der Waals surface area contributed by atoms with Crippen LogP contribution < -0.4 is 0 Å². The number of hydrogen-bond acceptors (Lipinski definition) is 10. The van der Waals surface area contributed by atoms with E-state index in [1.54, 1.807) is 19.6 Å². The average Bonchev–Trinajstić information content (AvgIpc) is 2.79. The fraction of sp³-hybridized carbons (Fsp3) is 0.545. The van der Waals surface area contributed by atoms with E-state index < -0.39 is 34.8 Å². The molecule has 212 valence electrons. The summed E-state index contributed by atoms with van der Waals surface area (Å²) in [5, 5.41) is 48.9. The molecule has 1 heterocycles. The Morgan fingerprint density at radius 2 is 1.05 bits per heavy atom. The van der Waals surface area contributed by atoms with Crippen molar-refractivity contribution < 1.29 is 84.5 Å². The molecule has 0 bridgehead atoms. The monoisotopic (exact) mass is 683 g/mol. The van der Waals surface area contributed by atoms with Gasteiger partial charge in [-0.05, 0) is 5.56 Å². The first-order valence-corrected chi connectivity index (χ1v) is 11.5. The number of nitro benzene ring substituents is 1. The first-order chi connectivity index (χ1) is 17.5. The van der Waals surface area contributed by atoms with Crippen LogP contribution in [0.25, 0.3) is 0 Å². The first-order valence-electron chi connectivity index (χ1n) is 11.5. The van der Waals surface area contributed by atoms with Gasteiger partial charge in [0.15, 0.2) is 0 Å². The summed E-state index contributed by atoms with van der Waals surface area (Å²) >= 11 is 0. The molecule has 0 amide bonds. The fourth-order valence-electron chi connectivity index (χ4n) is 4.15. The van der Waals surface area contributed by atoms with Crippen LogP contribution in [0.2, 0.25) is 0 Å². The molecule has 1 aromatic rings. The maximum Gasteiger partial charge on any atom is 0.325 e. The predicted molar refractivity (Wildman–Crippen MR) is 127 cm³/mol. The zero-order valence-corrected chi connectivity index (χ0v) is 22.8. The van der Waals surface area contributed by atoms with Gasteiger partial charge < -0.3 is 20.4 Å². The molecule has 38 heavy (non-hydrogen) atoms. The molecule has 2 rings (SSSR count). The van der Waals surface area contributed by atoms with Gasteiger partial charge in [0.2, 0.25) is 0 Å². The minimum Gasteiger partial charge on any atom is -0.480 e. The molecule has 16 heteroatoms. The van der Waals surface area contributed by atoms with Crippen molar-refractivity contribution in [2.75, 3.05) is 72.0 Å². The van der Waals surface area contributed by atoms with Crippen LogP contribution >= 0.6 is 0 Å². The maximum atomic E-state index is 12.3. The van der Waals surface area contributed by atoms with Gasteiger partial charge in [-0.1, -0.05) is 12.1 Å². The molecule has 4 N–H and O–H groups in total. The second kappa shape index (κ2) is 16.6. The van der Waals surface area contributed by atoms with Crippen molar-refractivity contribution in [1.82, 2.24) is 19.6 Å². The summed E-state index contributed by atoms with van der Waals surface area (Å²) in [6, 6.07) is 3.88. The molecular weight excluding hydrogens is 652 g/mol. The van der Waals surface area contributed by atoms with Gasteiger partial charge in [-0.15, -0.1) is 0 Å². The summed E-state index contributed by atoms with van der Waals surface area (Å²) in [5.74, 6) is -4.48. The van der Waals surface area contributed by atoms with E-state index >= 15 is 0 Å². The molecule has 1 aromatic carbocycles. The minimum atomic E-state index is -1.22. The van der Waals surface area contributed by atoms with E-state index in [1.807, 2.05) is 0 Å². The summed E-state index contributed by atoms with van der Waals surface area (Å²) in [6.45, 7) is 0.326. The van der Waals surface area contributed by atoms with Crippen LogP contribution in [0.3, 0.4) is 0 Å². The second-order valence-corrected chi connectivity index (χ2v) is 8.64. The number of carbonyl (C=O) groups is 4. The van der Waals surface area contributed by atoms with Crippen LogP contribution in [0, 0.1) is 50.1 Å². The number of nitrogens with zero attached hydrogens (tertiary/aromatic N) is 5. The number of aliphatic carboxylic acids is 4. The molecule has 0 aliphatic carbocycles. The molecule has 1 saturated heterocycles. The van der Waals surface area contributed by atoms with Crippen molar-refractivity contribution in [2.24, 2.45) is 0 Å². The van der Waals surface area contributed by atoms with Crippen molar-refractivity contribution in [2.45, 2.75) is 6.04 Å². The summed E-state index contributed by atoms with van der Waals surface area (Å²) in [7, 11) is 0. The summed E-state index contributed by atoms with van der Waals surface area (Å²) in [5.41, 5.74) is 0.0835. The Balaban J connectivity index is 0.00000722. The van der Waals surface area contributed by atoms with E-state index in [9.17, 15) is 49.7 Å². The third-order valence-electron chi connectivity index (χ3n) is 5.97. The maximum absolute atomic E-state index is 12.3. The van der Waals surface area contributed by atoms with Gasteiger partial charge in [-0.2, -0.15) is 0 Å². The van der Waals surface area contributed by atoms with Crippen LogP contribution in [-0.2, 0) is 19.2 Å². The van der Waals surface area contributed by atoms with Crippen molar-refractivity contribution in [3.05, 3.63) is 39.9 Å². The summed E-state index contributed by atoms with van der Waals surface area (Å²) in [4.78, 5) is 63.1. The number of non-ortho nitro benzene ring substituents is 1. The Labute approximate surface area is 250 Å². The third-order valence-corrected chi connectivity index (χ3v) is 5.97. The molecule has 0 spiro atoms. The molecule has 1 unspecified atom stereocenters. The summed E-state index contributed by atoms with van der Waals surface area (Å²) < 4.78 is 0. The molecule has 0 radical (unpaired) electrons. The number of carboxylic acid groups (broad SMARTS) is 4. The van der Waals surface area contributed by atoms with Gasteiger partial charge >= 0.3 is 23.9 Å². The van der Waals surface area contributed by atoms with Crippen LogP contribution in [-0.4, -0.2) is 141 Å². The van der Waals surface area contributed by atoms with Crippen molar-refractivity contribution in [3.8, 4) is 0 Å². The molecule has 1 aliphatic heterocycles. The van der Waals surface area contributed by atoms with Crippen molar-refractivity contribution in [3.63, 3.8) is 0 Å². The van der Waals surface area contributed by atoms with E-state index in [0.717, 1.165) is 0 Å². The Bertz CT molecular complexity index is 948. The number of nitro groups is 1. The van der Waals surface area contributed by atoms with E-state index in [1.165, 1.54) is 24.3 Å². The van der Waals surface area contributed by atoms with Gasteiger partial charge in [0.25, 0.3) is 5.69 Å². The first kappa shape index (κ1) is 33.7. The zero-order valence-electron chi connectivity index (χ0n) is 20.5. The van der Waals surface area contributed by atoms with Crippen molar-refractivity contribution in [1.29, 1.82) is 0 Å². The summed E-state index contributed by atoms with van der Waals surface area (Å²) in [6.07, 6.45) is 0. The van der Waals surface area contributed by atoms with Crippen molar-refractivity contribution >= 4 is 29.6 Å². The quantitative estimate of drug-likeness (QED) is 0.176. The topological polar surface area (TPSA) is 205 Å². The number of rotatable bonds is 10. The SMILES string of the molecule is O=C(O)CN1CCN(CC(=O)O)CCN(C(C(=O)O)c2ccc([N+](=O)[O-])cc2)CCN(CC(=O)O)CC1.[Gd]. The molecule has 1 aliphatic rings. The van der Waals surface area contributed by atoms with Crippen LogP contribution in [0.15, 0.2) is 24.3 Å². The van der Waals surface area contributed by atoms with E-state index in [4.69, 9.17) is 0 Å². The Morgan fingerprint density at radius 1 is 0.711 bits per heavy atom. The molecule has 0 saturated carbocycles. The molecule has 1 atom stereocenters. The van der Waals surface area contributed by atoms with Crippen LogP contribution in [0.4, 0.5) is 5.69 Å². The average molecular weight is 683 g/mol. The Morgan fingerprint density at radius 3 is 1.34 bits per heavy atom. The van der Waals surface area contributed by atoms with Crippen LogP contribution in [0.5, 0.6) is 0 Å². The van der Waals surface area contributed by atoms with Gasteiger partial charge in [0.1, 0.15) is 6.04 Å². The number of hydrogen-bond donors (Lipinski definition) is 4. The molecule has 0 aromatic heterocycles. The normalized spacial score (nSPS) is 17.8. The largest absolute Gasteiger partial charge is 0.480 e. The van der Waals surface area contributed by atoms with Gasteiger partial charge in [-0.25, -0.2) is 0 Å². The van der Waals surface area contributed by atoms with Gasteiger partial charge in [0, 0.05) is 104 Å². The number of carboxylic acids is 4. The fourth-order valence-corrected chi connectivity index (χ4v) is 4.15. The Kier molecular flexibility index (Phi) is 14.7. The smallest absolute Gasteiger partial charge is 0.325 e. The van der Waals surface area contributed by atoms with E-state index in [2.05, 4.69) is 0 Å². The third kappa shape index (κ3) is 11.6. The zero-order chi connectivity index (χ0) is 27.5. The van der Waals surface area contributed by atoms with Gasteiger partial charge in [-0.3, -0.25) is 48.9 Å². The van der Waals surface area contributed by atoms with Gasteiger partial charge in [0.05, 0.1) is 24.6 Å². The predicted octanol–water partition coefficient (Wildman–Crippen LogP) is -0.804. The van der Waals surface area contributed by atoms with E-state index in [0.29, 0.717) is 0 Å². The van der Waals surface area contributed by atoms with E-state index in [-0.39, 0.29) is 123 Å². The standard InChI is InChI=1S/C22H31N5O10.Gd/c28-18(29)13-23-5-7-24(14-19(30)31)9-11-26(12-10-25(8-6-23)15-20(32)33)21(22(34)35)16-1-3-17(4-2-16)27(36)37;/h1-4,21H,5-15H2,(H,28,29)(H,30,31)(H,32,33)(H,34,35);. The molecule has 15 nitrogen and oxygen atoms in total.